The van der Waals surface area contributed by atoms with Crippen LogP contribution >= 0.6 is 11.8 Å². The van der Waals surface area contributed by atoms with E-state index in [-0.39, 0.29) is 11.8 Å². The number of piperazine rings is 1. The summed E-state index contributed by atoms with van der Waals surface area (Å²) < 4.78 is 13.1. The Balaban J connectivity index is 1.52. The molecule has 2 amide bonds. The van der Waals surface area contributed by atoms with E-state index >= 15 is 0 Å². The third kappa shape index (κ3) is 3.52. The molecule has 3 rings (SSSR count). The molecule has 0 spiro atoms. The monoisotopic (exact) mass is 322 g/mol. The molecule has 1 fully saturated rings. The molecule has 5 nitrogen and oxygen atoms in total. The standard InChI is InChI=1S/C15H19FN4OS/c1-11-10-17-15(22-11)20-7-5-19(6-8-20)14(21)18-13-4-2-3-12(16)9-13/h2-4,9,11H,5-8,10H2,1H3,(H,18,21)/t11-/m0/s1. The smallest absolute Gasteiger partial charge is 0.321 e. The number of aliphatic imine (C=N–C) groups is 1. The number of hydrogen-bond acceptors (Lipinski definition) is 4. The first-order valence-corrected chi connectivity index (χ1v) is 8.27. The summed E-state index contributed by atoms with van der Waals surface area (Å²) in [5.41, 5.74) is 0.483. The van der Waals surface area contributed by atoms with Crippen molar-refractivity contribution in [2.75, 3.05) is 38.0 Å². The molecule has 0 aliphatic carbocycles. The summed E-state index contributed by atoms with van der Waals surface area (Å²) in [5.74, 6) is -0.354. The first-order chi connectivity index (χ1) is 10.6. The summed E-state index contributed by atoms with van der Waals surface area (Å²) in [6.07, 6.45) is 0. The molecule has 0 saturated carbocycles. The Morgan fingerprint density at radius 3 is 2.77 bits per heavy atom. The van der Waals surface area contributed by atoms with Crippen LogP contribution in [0.25, 0.3) is 0 Å². The number of amides is 2. The molecule has 2 aliphatic heterocycles. The van der Waals surface area contributed by atoms with Gasteiger partial charge in [0.2, 0.25) is 0 Å². The van der Waals surface area contributed by atoms with Gasteiger partial charge in [-0.1, -0.05) is 24.8 Å². The molecule has 0 bridgehead atoms. The van der Waals surface area contributed by atoms with Crippen LogP contribution in [0.2, 0.25) is 0 Å². The van der Waals surface area contributed by atoms with Gasteiger partial charge in [-0.15, -0.1) is 0 Å². The van der Waals surface area contributed by atoms with E-state index in [1.807, 2.05) is 0 Å². The number of urea groups is 1. The fourth-order valence-corrected chi connectivity index (χ4v) is 3.49. The van der Waals surface area contributed by atoms with Crippen molar-refractivity contribution in [3.8, 4) is 0 Å². The van der Waals surface area contributed by atoms with Gasteiger partial charge in [-0.25, -0.2) is 9.18 Å². The van der Waals surface area contributed by atoms with Gasteiger partial charge in [0, 0.05) is 37.1 Å². The highest BCUT2D eigenvalue weighted by molar-refractivity contribution is 8.14. The van der Waals surface area contributed by atoms with Crippen molar-refractivity contribution in [1.29, 1.82) is 0 Å². The molecule has 22 heavy (non-hydrogen) atoms. The second-order valence-electron chi connectivity index (χ2n) is 5.47. The van der Waals surface area contributed by atoms with Crippen molar-refractivity contribution < 1.29 is 9.18 Å². The average Bonchev–Trinajstić information content (AvgIpc) is 2.94. The zero-order valence-electron chi connectivity index (χ0n) is 12.5. The fourth-order valence-electron chi connectivity index (χ4n) is 2.51. The second-order valence-corrected chi connectivity index (χ2v) is 6.87. The lowest BCUT2D eigenvalue weighted by atomic mass is 10.3. The Bertz CT molecular complexity index is 587. The van der Waals surface area contributed by atoms with Crippen molar-refractivity contribution in [3.05, 3.63) is 30.1 Å². The Morgan fingerprint density at radius 2 is 2.14 bits per heavy atom. The van der Waals surface area contributed by atoms with Crippen LogP contribution in [0.5, 0.6) is 0 Å². The molecule has 1 saturated heterocycles. The molecular weight excluding hydrogens is 303 g/mol. The highest BCUT2D eigenvalue weighted by Crippen LogP contribution is 2.23. The number of benzene rings is 1. The number of hydrogen-bond donors (Lipinski definition) is 1. The molecule has 118 valence electrons. The van der Waals surface area contributed by atoms with Crippen LogP contribution < -0.4 is 5.32 Å². The topological polar surface area (TPSA) is 47.9 Å². The molecule has 0 aromatic heterocycles. The van der Waals surface area contributed by atoms with E-state index in [0.717, 1.165) is 24.8 Å². The summed E-state index contributed by atoms with van der Waals surface area (Å²) >= 11 is 1.80. The maximum atomic E-state index is 13.1. The highest BCUT2D eigenvalue weighted by Gasteiger charge is 2.26. The summed E-state index contributed by atoms with van der Waals surface area (Å²) in [6, 6.07) is 5.76. The lowest BCUT2D eigenvalue weighted by Gasteiger charge is -2.35. The minimum absolute atomic E-state index is 0.181. The van der Waals surface area contributed by atoms with Gasteiger partial charge in [0.25, 0.3) is 0 Å². The molecule has 0 radical (unpaired) electrons. The molecule has 2 heterocycles. The van der Waals surface area contributed by atoms with Gasteiger partial charge >= 0.3 is 6.03 Å². The van der Waals surface area contributed by atoms with Crippen molar-refractivity contribution in [2.24, 2.45) is 4.99 Å². The number of carbonyl (C=O) groups is 1. The molecule has 7 heteroatoms. The van der Waals surface area contributed by atoms with Crippen molar-refractivity contribution in [2.45, 2.75) is 12.2 Å². The van der Waals surface area contributed by atoms with E-state index in [1.165, 1.54) is 12.1 Å². The molecule has 1 aromatic rings. The van der Waals surface area contributed by atoms with E-state index in [4.69, 9.17) is 0 Å². The third-order valence-electron chi connectivity index (χ3n) is 3.70. The first kappa shape index (κ1) is 15.1. The third-order valence-corrected chi connectivity index (χ3v) is 4.85. The number of halogens is 1. The minimum Gasteiger partial charge on any atom is -0.348 e. The number of anilines is 1. The SMILES string of the molecule is C[C@H]1CN=C(N2CCN(C(=O)Nc3cccc(F)c3)CC2)S1. The van der Waals surface area contributed by atoms with Crippen LogP contribution in [-0.2, 0) is 0 Å². The fraction of sp³-hybridized carbons (Fsp3) is 0.467. The van der Waals surface area contributed by atoms with Crippen molar-refractivity contribution >= 4 is 28.6 Å². The Morgan fingerprint density at radius 1 is 1.36 bits per heavy atom. The molecular formula is C15H19FN4OS. The number of rotatable bonds is 1. The van der Waals surface area contributed by atoms with Gasteiger partial charge < -0.3 is 15.1 Å². The number of nitrogens with one attached hydrogen (secondary N) is 1. The highest BCUT2D eigenvalue weighted by atomic mass is 32.2. The zero-order valence-corrected chi connectivity index (χ0v) is 13.3. The van der Waals surface area contributed by atoms with Gasteiger partial charge in [0.05, 0.1) is 6.54 Å². The predicted octanol–water partition coefficient (Wildman–Crippen LogP) is 2.47. The Labute approximate surface area is 133 Å². The van der Waals surface area contributed by atoms with Gasteiger partial charge in [-0.3, -0.25) is 4.99 Å². The second kappa shape index (κ2) is 6.56. The van der Waals surface area contributed by atoms with E-state index in [1.54, 1.807) is 28.8 Å². The van der Waals surface area contributed by atoms with Gasteiger partial charge in [-0.2, -0.15) is 0 Å². The number of nitrogens with zero attached hydrogens (tertiary/aromatic N) is 3. The largest absolute Gasteiger partial charge is 0.348 e. The van der Waals surface area contributed by atoms with Gasteiger partial charge in [-0.05, 0) is 18.2 Å². The van der Waals surface area contributed by atoms with Gasteiger partial charge in [0.1, 0.15) is 5.82 Å². The van der Waals surface area contributed by atoms with Crippen molar-refractivity contribution in [3.63, 3.8) is 0 Å². The number of amidine groups is 1. The molecule has 1 aromatic carbocycles. The van der Waals surface area contributed by atoms with Crippen LogP contribution in [-0.4, -0.2) is 59.0 Å². The number of carbonyl (C=O) groups excluding carboxylic acids is 1. The minimum atomic E-state index is -0.354. The van der Waals surface area contributed by atoms with Crippen molar-refractivity contribution in [1.82, 2.24) is 9.80 Å². The van der Waals surface area contributed by atoms with Crippen LogP contribution in [0.1, 0.15) is 6.92 Å². The van der Waals surface area contributed by atoms with E-state index in [0.29, 0.717) is 24.0 Å². The number of thioether (sulfide) groups is 1. The van der Waals surface area contributed by atoms with Crippen LogP contribution in [0.3, 0.4) is 0 Å². The molecule has 0 unspecified atom stereocenters. The Hall–Kier alpha value is -1.76. The van der Waals surface area contributed by atoms with Crippen LogP contribution in [0, 0.1) is 5.82 Å². The molecule has 1 N–H and O–H groups in total. The maximum Gasteiger partial charge on any atom is 0.321 e. The van der Waals surface area contributed by atoms with Gasteiger partial charge in [0.15, 0.2) is 5.17 Å². The predicted molar refractivity (Wildman–Crippen MR) is 87.9 cm³/mol. The van der Waals surface area contributed by atoms with E-state index < -0.39 is 0 Å². The first-order valence-electron chi connectivity index (χ1n) is 7.39. The van der Waals surface area contributed by atoms with E-state index in [2.05, 4.69) is 22.1 Å². The lowest BCUT2D eigenvalue weighted by molar-refractivity contribution is 0.182. The maximum absolute atomic E-state index is 13.1. The summed E-state index contributed by atoms with van der Waals surface area (Å²) in [5, 5.41) is 4.38. The van der Waals surface area contributed by atoms with E-state index in [9.17, 15) is 9.18 Å². The quantitative estimate of drug-likeness (QED) is 0.864. The summed E-state index contributed by atoms with van der Waals surface area (Å²) in [4.78, 5) is 20.7. The lowest BCUT2D eigenvalue weighted by Crippen LogP contribution is -2.51. The summed E-state index contributed by atoms with van der Waals surface area (Å²) in [7, 11) is 0. The normalized spacial score (nSPS) is 21.7. The van der Waals surface area contributed by atoms with Crippen LogP contribution in [0.15, 0.2) is 29.3 Å². The zero-order chi connectivity index (χ0) is 15.5. The average molecular weight is 322 g/mol. The molecule has 2 aliphatic rings. The molecule has 1 atom stereocenters. The van der Waals surface area contributed by atoms with Crippen LogP contribution in [0.4, 0.5) is 14.9 Å². The summed E-state index contributed by atoms with van der Waals surface area (Å²) in [6.45, 7) is 5.92. The Kier molecular flexibility index (Phi) is 4.52.